The topological polar surface area (TPSA) is 83.1 Å². The van der Waals surface area contributed by atoms with Crippen LogP contribution in [0.2, 0.25) is 0 Å². The van der Waals surface area contributed by atoms with E-state index < -0.39 is 0 Å². The predicted octanol–water partition coefficient (Wildman–Crippen LogP) is 3.07. The molecule has 0 fully saturated rings. The quantitative estimate of drug-likeness (QED) is 0.696. The Morgan fingerprint density at radius 2 is 1.71 bits per heavy atom. The highest BCUT2D eigenvalue weighted by molar-refractivity contribution is 5.93. The van der Waals surface area contributed by atoms with Crippen molar-refractivity contribution in [1.82, 2.24) is 10.3 Å². The summed E-state index contributed by atoms with van der Waals surface area (Å²) in [6.07, 6.45) is 2.81. The lowest BCUT2D eigenvalue weighted by atomic mass is 10.2. The number of carbonyl (C=O) groups excluding carboxylic acids is 2. The molecule has 0 aliphatic carbocycles. The highest BCUT2D eigenvalue weighted by atomic mass is 16.2. The van der Waals surface area contributed by atoms with E-state index >= 15 is 0 Å². The predicted molar refractivity (Wildman–Crippen MR) is 95.1 cm³/mol. The molecule has 0 spiro atoms. The first-order valence-electron chi connectivity index (χ1n) is 8.02. The van der Waals surface area contributed by atoms with Crippen molar-refractivity contribution in [2.75, 3.05) is 17.2 Å². The van der Waals surface area contributed by atoms with Crippen LogP contribution in [0.1, 0.15) is 26.2 Å². The van der Waals surface area contributed by atoms with E-state index in [0.29, 0.717) is 18.1 Å². The monoisotopic (exact) mass is 326 g/mol. The molecule has 1 heterocycles. The summed E-state index contributed by atoms with van der Waals surface area (Å²) in [5.41, 5.74) is 1.55. The van der Waals surface area contributed by atoms with Crippen LogP contribution in [0, 0.1) is 0 Å². The van der Waals surface area contributed by atoms with Gasteiger partial charge in [-0.2, -0.15) is 0 Å². The molecule has 2 amide bonds. The zero-order valence-corrected chi connectivity index (χ0v) is 13.7. The van der Waals surface area contributed by atoms with E-state index in [1.54, 1.807) is 18.3 Å². The van der Waals surface area contributed by atoms with E-state index in [4.69, 9.17) is 0 Å². The van der Waals surface area contributed by atoms with Crippen LogP contribution in [0.3, 0.4) is 0 Å². The molecule has 0 radical (unpaired) electrons. The molecule has 126 valence electrons. The van der Waals surface area contributed by atoms with Gasteiger partial charge in [-0.3, -0.25) is 9.59 Å². The van der Waals surface area contributed by atoms with Crippen LogP contribution in [0.15, 0.2) is 48.7 Å². The third kappa shape index (κ3) is 6.08. The number of pyridine rings is 1. The number of hydrogen-bond acceptors (Lipinski definition) is 4. The van der Waals surface area contributed by atoms with Crippen LogP contribution >= 0.6 is 0 Å². The van der Waals surface area contributed by atoms with Crippen LogP contribution in [-0.4, -0.2) is 23.3 Å². The Kier molecular flexibility index (Phi) is 6.76. The van der Waals surface area contributed by atoms with Crippen molar-refractivity contribution in [3.05, 3.63) is 48.7 Å². The third-order valence-electron chi connectivity index (χ3n) is 3.24. The zero-order valence-electron chi connectivity index (χ0n) is 13.7. The van der Waals surface area contributed by atoms with Gasteiger partial charge in [-0.1, -0.05) is 25.1 Å². The van der Waals surface area contributed by atoms with Crippen LogP contribution in [-0.2, 0) is 9.59 Å². The highest BCUT2D eigenvalue weighted by Gasteiger charge is 2.07. The number of rotatable bonds is 8. The fraction of sp³-hybridized carbons (Fsp3) is 0.278. The van der Waals surface area contributed by atoms with Crippen molar-refractivity contribution in [1.29, 1.82) is 0 Å². The molecular weight excluding hydrogens is 304 g/mol. The first kappa shape index (κ1) is 17.5. The van der Waals surface area contributed by atoms with Crippen molar-refractivity contribution < 1.29 is 9.59 Å². The van der Waals surface area contributed by atoms with Gasteiger partial charge in [0, 0.05) is 25.1 Å². The maximum Gasteiger partial charge on any atom is 0.224 e. The number of anilines is 3. The molecule has 24 heavy (non-hydrogen) atoms. The van der Waals surface area contributed by atoms with Crippen molar-refractivity contribution in [2.45, 2.75) is 26.2 Å². The fourth-order valence-electron chi connectivity index (χ4n) is 2.01. The molecule has 2 aromatic rings. The van der Waals surface area contributed by atoms with Gasteiger partial charge in [0.1, 0.15) is 5.82 Å². The summed E-state index contributed by atoms with van der Waals surface area (Å²) in [4.78, 5) is 27.6. The second-order valence-electron chi connectivity index (χ2n) is 5.32. The van der Waals surface area contributed by atoms with Gasteiger partial charge in [-0.15, -0.1) is 0 Å². The maximum atomic E-state index is 11.8. The lowest BCUT2D eigenvalue weighted by Crippen LogP contribution is -2.25. The van der Waals surface area contributed by atoms with E-state index in [-0.39, 0.29) is 24.7 Å². The van der Waals surface area contributed by atoms with Gasteiger partial charge in [-0.05, 0) is 30.7 Å². The van der Waals surface area contributed by atoms with E-state index in [9.17, 15) is 9.59 Å². The van der Waals surface area contributed by atoms with E-state index in [2.05, 4.69) is 20.9 Å². The normalized spacial score (nSPS) is 10.0. The molecule has 1 aromatic heterocycles. The van der Waals surface area contributed by atoms with Gasteiger partial charge in [0.15, 0.2) is 0 Å². The summed E-state index contributed by atoms with van der Waals surface area (Å²) in [5, 5.41) is 8.65. The van der Waals surface area contributed by atoms with Gasteiger partial charge < -0.3 is 16.0 Å². The Morgan fingerprint density at radius 3 is 2.38 bits per heavy atom. The number of nitrogens with one attached hydrogen (secondary N) is 3. The Labute approximate surface area is 141 Å². The van der Waals surface area contributed by atoms with Crippen LogP contribution < -0.4 is 16.0 Å². The SMILES string of the molecule is CCCNC(=O)CCC(=O)Nc1ccc(Nc2ccccc2)nc1. The number of nitrogens with zero attached hydrogens (tertiary/aromatic N) is 1. The Morgan fingerprint density at radius 1 is 0.958 bits per heavy atom. The highest BCUT2D eigenvalue weighted by Crippen LogP contribution is 2.15. The largest absolute Gasteiger partial charge is 0.356 e. The average molecular weight is 326 g/mol. The standard InChI is InChI=1S/C18H22N4O2/c1-2-12-19-17(23)10-11-18(24)22-15-8-9-16(20-13-15)21-14-6-4-3-5-7-14/h3-9,13H,2,10-12H2,1H3,(H,19,23)(H,20,21)(H,22,24). The van der Waals surface area contributed by atoms with E-state index in [1.165, 1.54) is 0 Å². The van der Waals surface area contributed by atoms with Gasteiger partial charge in [0.25, 0.3) is 0 Å². The minimum absolute atomic E-state index is 0.104. The second kappa shape index (κ2) is 9.29. The molecular formula is C18H22N4O2. The third-order valence-corrected chi connectivity index (χ3v) is 3.24. The molecule has 1 aromatic carbocycles. The molecule has 6 heteroatoms. The molecule has 6 nitrogen and oxygen atoms in total. The van der Waals surface area contributed by atoms with Crippen molar-refractivity contribution >= 4 is 29.0 Å². The number of para-hydroxylation sites is 1. The smallest absolute Gasteiger partial charge is 0.224 e. The zero-order chi connectivity index (χ0) is 17.2. The van der Waals surface area contributed by atoms with Gasteiger partial charge in [0.2, 0.25) is 11.8 Å². The molecule has 0 atom stereocenters. The molecule has 0 saturated carbocycles. The molecule has 0 unspecified atom stereocenters. The number of benzene rings is 1. The first-order chi connectivity index (χ1) is 11.7. The number of amides is 2. The molecule has 0 aliphatic heterocycles. The molecule has 0 aliphatic rings. The van der Waals surface area contributed by atoms with Crippen LogP contribution in [0.4, 0.5) is 17.2 Å². The van der Waals surface area contributed by atoms with Crippen molar-refractivity contribution in [3.63, 3.8) is 0 Å². The number of hydrogen-bond donors (Lipinski definition) is 3. The van der Waals surface area contributed by atoms with E-state index in [0.717, 1.165) is 12.1 Å². The fourth-order valence-corrected chi connectivity index (χ4v) is 2.01. The lowest BCUT2D eigenvalue weighted by molar-refractivity contribution is -0.124. The summed E-state index contributed by atoms with van der Waals surface area (Å²) in [7, 11) is 0. The molecule has 0 bridgehead atoms. The lowest BCUT2D eigenvalue weighted by Gasteiger charge is -2.08. The molecule has 0 saturated heterocycles. The average Bonchev–Trinajstić information content (AvgIpc) is 2.61. The van der Waals surface area contributed by atoms with Gasteiger partial charge in [0.05, 0.1) is 11.9 Å². The Balaban J connectivity index is 1.78. The van der Waals surface area contributed by atoms with Crippen molar-refractivity contribution in [2.24, 2.45) is 0 Å². The minimum atomic E-state index is -0.202. The van der Waals surface area contributed by atoms with Crippen LogP contribution in [0.5, 0.6) is 0 Å². The van der Waals surface area contributed by atoms with Crippen LogP contribution in [0.25, 0.3) is 0 Å². The number of carbonyl (C=O) groups is 2. The summed E-state index contributed by atoms with van der Waals surface area (Å²) < 4.78 is 0. The summed E-state index contributed by atoms with van der Waals surface area (Å²) in [6, 6.07) is 13.3. The summed E-state index contributed by atoms with van der Waals surface area (Å²) in [5.74, 6) is 0.387. The maximum absolute atomic E-state index is 11.8. The Bertz CT molecular complexity index is 656. The molecule has 3 N–H and O–H groups in total. The van der Waals surface area contributed by atoms with E-state index in [1.807, 2.05) is 37.3 Å². The first-order valence-corrected chi connectivity index (χ1v) is 8.02. The summed E-state index contributed by atoms with van der Waals surface area (Å²) >= 11 is 0. The Hall–Kier alpha value is -2.89. The second-order valence-corrected chi connectivity index (χ2v) is 5.32. The molecule has 2 rings (SSSR count). The van der Waals surface area contributed by atoms with Gasteiger partial charge in [-0.25, -0.2) is 4.98 Å². The van der Waals surface area contributed by atoms with Crippen molar-refractivity contribution in [3.8, 4) is 0 Å². The number of aromatic nitrogens is 1. The van der Waals surface area contributed by atoms with Gasteiger partial charge >= 0.3 is 0 Å². The summed E-state index contributed by atoms with van der Waals surface area (Å²) in [6.45, 7) is 2.62. The minimum Gasteiger partial charge on any atom is -0.356 e.